The summed E-state index contributed by atoms with van der Waals surface area (Å²) in [4.78, 5) is 27.9. The number of likely N-dealkylation sites (tertiary alicyclic amines) is 1. The van der Waals surface area contributed by atoms with Gasteiger partial charge in [-0.2, -0.15) is 0 Å². The highest BCUT2D eigenvalue weighted by molar-refractivity contribution is 5.86. The van der Waals surface area contributed by atoms with Crippen LogP contribution in [-0.2, 0) is 22.4 Å². The van der Waals surface area contributed by atoms with Crippen LogP contribution in [0.5, 0.6) is 0 Å². The minimum Gasteiger partial charge on any atom is -0.341 e. The Hall–Kier alpha value is -2.99. The molecule has 0 unspecified atom stereocenters. The quantitative estimate of drug-likeness (QED) is 0.361. The molecule has 202 valence electrons. The number of hydrogen-bond acceptors (Lipinski definition) is 4. The van der Waals surface area contributed by atoms with Crippen molar-refractivity contribution in [2.45, 2.75) is 72.3 Å². The lowest BCUT2D eigenvalue weighted by molar-refractivity contribution is -0.128. The fraction of sp³-hybridized carbons (Fsp3) is 0.484. The molecule has 2 atom stereocenters. The van der Waals surface area contributed by atoms with E-state index in [0.29, 0.717) is 31.5 Å². The van der Waals surface area contributed by atoms with Gasteiger partial charge < -0.3 is 9.47 Å². The maximum Gasteiger partial charge on any atom is 0.219 e. The molecule has 5 rings (SSSR count). The monoisotopic (exact) mass is 534 g/mol. The molecule has 6 nitrogen and oxygen atoms in total. The van der Waals surface area contributed by atoms with Crippen LogP contribution in [0, 0.1) is 25.7 Å². The lowest BCUT2D eigenvalue weighted by Gasteiger charge is -2.19. The van der Waals surface area contributed by atoms with Gasteiger partial charge in [0.1, 0.15) is 11.6 Å². The van der Waals surface area contributed by atoms with Crippen LogP contribution in [0.25, 0.3) is 11.4 Å². The van der Waals surface area contributed by atoms with E-state index in [-0.39, 0.29) is 35.9 Å². The van der Waals surface area contributed by atoms with Gasteiger partial charge in [0.15, 0.2) is 5.82 Å². The summed E-state index contributed by atoms with van der Waals surface area (Å²) in [5.74, 6) is 2.08. The van der Waals surface area contributed by atoms with Crippen LogP contribution in [0.3, 0.4) is 0 Å². The molecule has 1 aliphatic carbocycles. The number of halogens is 1. The zero-order chi connectivity index (χ0) is 26.3. The molecule has 38 heavy (non-hydrogen) atoms. The fourth-order valence-electron chi connectivity index (χ4n) is 5.72. The Morgan fingerprint density at radius 3 is 2.32 bits per heavy atom. The molecule has 1 aliphatic heterocycles. The van der Waals surface area contributed by atoms with Crippen LogP contribution >= 0.6 is 12.4 Å². The normalized spacial score (nSPS) is 19.1. The van der Waals surface area contributed by atoms with E-state index in [1.165, 1.54) is 11.1 Å². The lowest BCUT2D eigenvalue weighted by Crippen LogP contribution is -2.28. The minimum absolute atomic E-state index is 0. The number of benzene rings is 2. The first-order valence-electron chi connectivity index (χ1n) is 13.6. The van der Waals surface area contributed by atoms with Crippen molar-refractivity contribution < 1.29 is 9.59 Å². The van der Waals surface area contributed by atoms with E-state index in [4.69, 9.17) is 5.10 Å². The van der Waals surface area contributed by atoms with Gasteiger partial charge in [-0.3, -0.25) is 9.59 Å². The van der Waals surface area contributed by atoms with Gasteiger partial charge in [0, 0.05) is 49.9 Å². The molecule has 0 spiro atoms. The van der Waals surface area contributed by atoms with E-state index in [0.717, 1.165) is 47.6 Å². The van der Waals surface area contributed by atoms with Crippen LogP contribution in [0.15, 0.2) is 42.5 Å². The Morgan fingerprint density at radius 1 is 1.00 bits per heavy atom. The van der Waals surface area contributed by atoms with Crippen molar-refractivity contribution >= 4 is 24.1 Å². The van der Waals surface area contributed by atoms with Gasteiger partial charge in [-0.05, 0) is 55.7 Å². The van der Waals surface area contributed by atoms with Crippen molar-refractivity contribution in [2.75, 3.05) is 13.1 Å². The first-order valence-corrected chi connectivity index (χ1v) is 13.6. The number of hydrogen-bond donors (Lipinski definition) is 0. The molecular formula is C31H39ClN4O2. The summed E-state index contributed by atoms with van der Waals surface area (Å²) in [7, 11) is 0. The van der Waals surface area contributed by atoms with Gasteiger partial charge >= 0.3 is 0 Å². The van der Waals surface area contributed by atoms with Crippen LogP contribution < -0.4 is 0 Å². The zero-order valence-electron chi connectivity index (χ0n) is 23.1. The third-order valence-corrected chi connectivity index (χ3v) is 7.86. The highest BCUT2D eigenvalue weighted by atomic mass is 35.5. The van der Waals surface area contributed by atoms with E-state index >= 15 is 0 Å². The van der Waals surface area contributed by atoms with E-state index < -0.39 is 0 Å². The molecule has 1 saturated heterocycles. The number of carbonyl (C=O) groups is 2. The smallest absolute Gasteiger partial charge is 0.219 e. The summed E-state index contributed by atoms with van der Waals surface area (Å²) in [6, 6.07) is 15.3. The largest absolute Gasteiger partial charge is 0.341 e. The summed E-state index contributed by atoms with van der Waals surface area (Å²) >= 11 is 0. The maximum atomic E-state index is 13.7. The molecule has 7 heteroatoms. The summed E-state index contributed by atoms with van der Waals surface area (Å²) < 4.78 is 2.27. The molecule has 2 aromatic carbocycles. The van der Waals surface area contributed by atoms with Crippen LogP contribution in [0.4, 0.5) is 0 Å². The summed E-state index contributed by atoms with van der Waals surface area (Å²) in [6.45, 7) is 11.1. The van der Waals surface area contributed by atoms with E-state index in [2.05, 4.69) is 79.8 Å². The Kier molecular flexibility index (Phi) is 8.41. The highest BCUT2D eigenvalue weighted by Gasteiger charge is 2.44. The van der Waals surface area contributed by atoms with Gasteiger partial charge in [0.25, 0.3) is 0 Å². The van der Waals surface area contributed by atoms with E-state index in [9.17, 15) is 9.59 Å². The lowest BCUT2D eigenvalue weighted by atomic mass is 9.87. The standard InChI is InChI=1S/C31H38N4O2.ClH/c1-19(2)14-23-7-10-24(11-8-23)30-32-33-31(35(30)26-12-13-26)28-18-34(22(5)36)17-27(28)29(37)16-25-9-6-20(3)15-21(25)4;/h6-11,15,19,26-28H,12-14,16-18H2,1-5H3;1H/t27-,28-;/m1./s1. The molecule has 2 heterocycles. The molecule has 1 saturated carbocycles. The number of aromatic nitrogens is 3. The SMILES string of the molecule is CC(=O)N1C[C@@H](C(=O)Cc2ccc(C)cc2C)[C@H](c2nnc(-c3ccc(CC(C)C)cc3)n2C2CC2)C1.Cl. The molecule has 0 radical (unpaired) electrons. The number of amides is 1. The van der Waals surface area contributed by atoms with Crippen molar-refractivity contribution in [2.24, 2.45) is 11.8 Å². The third kappa shape index (κ3) is 5.85. The Bertz CT molecular complexity index is 1310. The van der Waals surface area contributed by atoms with Crippen molar-refractivity contribution in [1.29, 1.82) is 0 Å². The fourth-order valence-corrected chi connectivity index (χ4v) is 5.72. The number of carbonyl (C=O) groups excluding carboxylic acids is 2. The molecule has 0 bridgehead atoms. The molecule has 3 aromatic rings. The van der Waals surface area contributed by atoms with Gasteiger partial charge in [-0.15, -0.1) is 22.6 Å². The first kappa shape index (κ1) is 28.0. The van der Waals surface area contributed by atoms with Crippen LogP contribution in [0.1, 0.15) is 73.7 Å². The zero-order valence-corrected chi connectivity index (χ0v) is 23.9. The van der Waals surface area contributed by atoms with E-state index in [1.807, 2.05) is 4.90 Å². The molecule has 1 aromatic heterocycles. The Labute approximate surface area is 232 Å². The Balaban J connectivity index is 0.00000336. The predicted octanol–water partition coefficient (Wildman–Crippen LogP) is 5.89. The Morgan fingerprint density at radius 2 is 1.71 bits per heavy atom. The molecule has 2 fully saturated rings. The number of ketones is 1. The molecule has 1 amide bonds. The second-order valence-corrected chi connectivity index (χ2v) is 11.5. The molecule has 0 N–H and O–H groups in total. The number of nitrogens with zero attached hydrogens (tertiary/aromatic N) is 4. The van der Waals surface area contributed by atoms with Crippen molar-refractivity contribution in [3.8, 4) is 11.4 Å². The van der Waals surface area contributed by atoms with Gasteiger partial charge in [-0.25, -0.2) is 0 Å². The number of aryl methyl sites for hydroxylation is 2. The summed E-state index contributed by atoms with van der Waals surface area (Å²) in [6.07, 6.45) is 3.61. The maximum absolute atomic E-state index is 13.7. The van der Waals surface area contributed by atoms with Gasteiger partial charge in [0.05, 0.1) is 0 Å². The summed E-state index contributed by atoms with van der Waals surface area (Å²) in [5.41, 5.74) is 5.76. The van der Waals surface area contributed by atoms with Gasteiger partial charge in [-0.1, -0.05) is 61.9 Å². The van der Waals surface area contributed by atoms with Crippen molar-refractivity contribution in [3.63, 3.8) is 0 Å². The van der Waals surface area contributed by atoms with Gasteiger partial charge in [0.2, 0.25) is 5.91 Å². The summed E-state index contributed by atoms with van der Waals surface area (Å²) in [5, 5.41) is 9.34. The second kappa shape index (κ2) is 11.4. The first-order chi connectivity index (χ1) is 17.7. The highest BCUT2D eigenvalue weighted by Crippen LogP contribution is 2.43. The second-order valence-electron chi connectivity index (χ2n) is 11.5. The number of Topliss-reactive ketones (excluding diaryl/α,β-unsaturated/α-hetero) is 1. The third-order valence-electron chi connectivity index (χ3n) is 7.86. The minimum atomic E-state index is -0.285. The van der Waals surface area contributed by atoms with Crippen LogP contribution in [-0.4, -0.2) is 44.4 Å². The van der Waals surface area contributed by atoms with Crippen LogP contribution in [0.2, 0.25) is 0 Å². The predicted molar refractivity (Wildman–Crippen MR) is 153 cm³/mol. The topological polar surface area (TPSA) is 68.1 Å². The van der Waals surface area contributed by atoms with Crippen molar-refractivity contribution in [1.82, 2.24) is 19.7 Å². The number of rotatable bonds is 8. The van der Waals surface area contributed by atoms with Crippen molar-refractivity contribution in [3.05, 3.63) is 70.5 Å². The van der Waals surface area contributed by atoms with E-state index in [1.54, 1.807) is 6.92 Å². The molecule has 2 aliphatic rings. The average Bonchev–Trinajstić information content (AvgIpc) is 3.42. The molecular weight excluding hydrogens is 496 g/mol. The average molecular weight is 535 g/mol.